The first-order valence-electron chi connectivity index (χ1n) is 5.88. The highest BCUT2D eigenvalue weighted by atomic mass is 35.5. The molecule has 5 heteroatoms. The Kier molecular flexibility index (Phi) is 4.17. The molecule has 1 unspecified atom stereocenters. The standard InChI is InChI=1S/C13H14ClF2NO/c14-7-9-5-13(18)17(8-9)4-3-10-1-2-11(15)6-12(10)16/h1-2,6,9H,3-5,7-8H2. The molecule has 0 N–H and O–H groups in total. The highest BCUT2D eigenvalue weighted by Crippen LogP contribution is 2.19. The van der Waals surface area contributed by atoms with Crippen LogP contribution in [0.15, 0.2) is 18.2 Å². The highest BCUT2D eigenvalue weighted by Gasteiger charge is 2.28. The van der Waals surface area contributed by atoms with Gasteiger partial charge in [0.2, 0.25) is 5.91 Å². The van der Waals surface area contributed by atoms with Gasteiger partial charge in [-0.05, 0) is 24.0 Å². The second-order valence-electron chi connectivity index (χ2n) is 4.55. The van der Waals surface area contributed by atoms with Crippen molar-refractivity contribution in [3.63, 3.8) is 0 Å². The average Bonchev–Trinajstić information content (AvgIpc) is 2.69. The van der Waals surface area contributed by atoms with Gasteiger partial charge in [-0.25, -0.2) is 8.78 Å². The molecule has 0 spiro atoms. The lowest BCUT2D eigenvalue weighted by molar-refractivity contribution is -0.127. The molecule has 2 nitrogen and oxygen atoms in total. The van der Waals surface area contributed by atoms with Crippen LogP contribution in [0.2, 0.25) is 0 Å². The molecule has 0 radical (unpaired) electrons. The predicted octanol–water partition coefficient (Wildman–Crippen LogP) is 2.59. The molecular formula is C13H14ClF2NO. The Morgan fingerprint density at radius 1 is 1.39 bits per heavy atom. The number of hydrogen-bond donors (Lipinski definition) is 0. The second kappa shape index (κ2) is 5.65. The lowest BCUT2D eigenvalue weighted by Crippen LogP contribution is -2.27. The van der Waals surface area contributed by atoms with Crippen molar-refractivity contribution in [2.45, 2.75) is 12.8 Å². The molecule has 18 heavy (non-hydrogen) atoms. The Hall–Kier alpha value is -1.16. The largest absolute Gasteiger partial charge is 0.342 e. The van der Waals surface area contributed by atoms with Gasteiger partial charge in [-0.3, -0.25) is 4.79 Å². The SMILES string of the molecule is O=C1CC(CCl)CN1CCc1ccc(F)cc1F. The normalized spacial score (nSPS) is 19.6. The molecule has 0 bridgehead atoms. The van der Waals surface area contributed by atoms with Gasteiger partial charge in [0.1, 0.15) is 11.6 Å². The number of carbonyl (C=O) groups excluding carboxylic acids is 1. The number of hydrogen-bond acceptors (Lipinski definition) is 1. The van der Waals surface area contributed by atoms with Crippen LogP contribution in [-0.4, -0.2) is 29.8 Å². The van der Waals surface area contributed by atoms with Gasteiger partial charge in [-0.15, -0.1) is 11.6 Å². The number of nitrogens with zero attached hydrogens (tertiary/aromatic N) is 1. The third-order valence-electron chi connectivity index (χ3n) is 3.18. The Balaban J connectivity index is 1.94. The van der Waals surface area contributed by atoms with Gasteiger partial charge in [-0.2, -0.15) is 0 Å². The van der Waals surface area contributed by atoms with Crippen LogP contribution in [0.5, 0.6) is 0 Å². The van der Waals surface area contributed by atoms with E-state index in [9.17, 15) is 13.6 Å². The number of halogens is 3. The summed E-state index contributed by atoms with van der Waals surface area (Å²) in [6.45, 7) is 1.08. The number of likely N-dealkylation sites (tertiary alicyclic amines) is 1. The molecule has 1 saturated heterocycles. The van der Waals surface area contributed by atoms with E-state index in [0.29, 0.717) is 37.4 Å². The lowest BCUT2D eigenvalue weighted by Gasteiger charge is -2.16. The molecule has 1 atom stereocenters. The molecule has 1 heterocycles. The average molecular weight is 274 g/mol. The number of amides is 1. The summed E-state index contributed by atoms with van der Waals surface area (Å²) >= 11 is 5.72. The van der Waals surface area contributed by atoms with Crippen LogP contribution >= 0.6 is 11.6 Å². The minimum atomic E-state index is -0.587. The van der Waals surface area contributed by atoms with Crippen molar-refractivity contribution in [2.24, 2.45) is 5.92 Å². The van der Waals surface area contributed by atoms with E-state index in [1.807, 2.05) is 0 Å². The number of rotatable bonds is 4. The maximum Gasteiger partial charge on any atom is 0.222 e. The molecule has 1 aromatic carbocycles. The molecule has 98 valence electrons. The van der Waals surface area contributed by atoms with Crippen molar-refractivity contribution >= 4 is 17.5 Å². The monoisotopic (exact) mass is 273 g/mol. The Bertz CT molecular complexity index is 453. The van der Waals surface area contributed by atoms with Gasteiger partial charge in [0.05, 0.1) is 0 Å². The fraction of sp³-hybridized carbons (Fsp3) is 0.462. The van der Waals surface area contributed by atoms with E-state index < -0.39 is 11.6 Å². The molecule has 0 aromatic heterocycles. The minimum absolute atomic E-state index is 0.0585. The second-order valence-corrected chi connectivity index (χ2v) is 4.86. The maximum absolute atomic E-state index is 13.4. The van der Waals surface area contributed by atoms with Crippen LogP contribution in [0.4, 0.5) is 8.78 Å². The van der Waals surface area contributed by atoms with E-state index in [1.54, 1.807) is 4.90 Å². The van der Waals surface area contributed by atoms with Crippen molar-refractivity contribution in [3.05, 3.63) is 35.4 Å². The summed E-state index contributed by atoms with van der Waals surface area (Å²) in [7, 11) is 0. The van der Waals surface area contributed by atoms with Crippen LogP contribution in [0, 0.1) is 17.6 Å². The molecule has 1 aliphatic heterocycles. The zero-order valence-electron chi connectivity index (χ0n) is 9.83. The van der Waals surface area contributed by atoms with E-state index in [1.165, 1.54) is 12.1 Å². The van der Waals surface area contributed by atoms with Crippen molar-refractivity contribution in [1.29, 1.82) is 0 Å². The molecule has 1 fully saturated rings. The smallest absolute Gasteiger partial charge is 0.222 e. The number of carbonyl (C=O) groups is 1. The fourth-order valence-corrected chi connectivity index (χ4v) is 2.36. The van der Waals surface area contributed by atoms with E-state index in [0.717, 1.165) is 6.07 Å². The fourth-order valence-electron chi connectivity index (χ4n) is 2.15. The summed E-state index contributed by atoms with van der Waals surface area (Å²) in [5, 5.41) is 0. The van der Waals surface area contributed by atoms with Crippen LogP contribution < -0.4 is 0 Å². The van der Waals surface area contributed by atoms with Gasteiger partial charge in [0.15, 0.2) is 0 Å². The first kappa shape index (κ1) is 13.3. The molecule has 0 aliphatic carbocycles. The third kappa shape index (κ3) is 2.99. The summed E-state index contributed by atoms with van der Waals surface area (Å²) in [5.41, 5.74) is 0.429. The summed E-state index contributed by atoms with van der Waals surface area (Å²) in [5.74, 6) is -0.431. The van der Waals surface area contributed by atoms with E-state index in [-0.39, 0.29) is 11.8 Å². The molecule has 2 rings (SSSR count). The number of benzene rings is 1. The van der Waals surface area contributed by atoms with Crippen molar-refractivity contribution in [1.82, 2.24) is 4.90 Å². The van der Waals surface area contributed by atoms with Gasteiger partial charge >= 0.3 is 0 Å². The molecule has 1 aromatic rings. The Morgan fingerprint density at radius 2 is 2.17 bits per heavy atom. The Morgan fingerprint density at radius 3 is 2.78 bits per heavy atom. The first-order valence-corrected chi connectivity index (χ1v) is 6.41. The van der Waals surface area contributed by atoms with Gasteiger partial charge < -0.3 is 4.90 Å². The topological polar surface area (TPSA) is 20.3 Å². The van der Waals surface area contributed by atoms with Crippen LogP contribution in [0.1, 0.15) is 12.0 Å². The van der Waals surface area contributed by atoms with E-state index in [2.05, 4.69) is 0 Å². The first-order chi connectivity index (χ1) is 8.60. The molecule has 1 amide bonds. The summed E-state index contributed by atoms with van der Waals surface area (Å²) in [4.78, 5) is 13.3. The van der Waals surface area contributed by atoms with Crippen molar-refractivity contribution in [3.8, 4) is 0 Å². The van der Waals surface area contributed by atoms with Crippen LogP contribution in [0.25, 0.3) is 0 Å². The van der Waals surface area contributed by atoms with Crippen LogP contribution in [0.3, 0.4) is 0 Å². The van der Waals surface area contributed by atoms with Crippen LogP contribution in [-0.2, 0) is 11.2 Å². The summed E-state index contributed by atoms with van der Waals surface area (Å²) < 4.78 is 26.1. The molecule has 0 saturated carbocycles. The minimum Gasteiger partial charge on any atom is -0.342 e. The van der Waals surface area contributed by atoms with E-state index >= 15 is 0 Å². The summed E-state index contributed by atoms with van der Waals surface area (Å²) in [6, 6.07) is 3.51. The van der Waals surface area contributed by atoms with Crippen molar-refractivity contribution < 1.29 is 13.6 Å². The van der Waals surface area contributed by atoms with Gasteiger partial charge in [0, 0.05) is 31.5 Å². The van der Waals surface area contributed by atoms with Gasteiger partial charge in [-0.1, -0.05) is 6.07 Å². The third-order valence-corrected chi connectivity index (χ3v) is 3.62. The maximum atomic E-state index is 13.4. The Labute approximate surface area is 110 Å². The zero-order valence-corrected chi connectivity index (χ0v) is 10.6. The summed E-state index contributed by atoms with van der Waals surface area (Å²) in [6.07, 6.45) is 0.863. The molecule has 1 aliphatic rings. The lowest BCUT2D eigenvalue weighted by atomic mass is 10.1. The molecular weight excluding hydrogens is 260 g/mol. The zero-order chi connectivity index (χ0) is 13.1. The highest BCUT2D eigenvalue weighted by molar-refractivity contribution is 6.18. The quantitative estimate of drug-likeness (QED) is 0.772. The number of alkyl halides is 1. The van der Waals surface area contributed by atoms with Crippen molar-refractivity contribution in [2.75, 3.05) is 19.0 Å². The van der Waals surface area contributed by atoms with E-state index in [4.69, 9.17) is 11.6 Å². The van der Waals surface area contributed by atoms with Gasteiger partial charge in [0.25, 0.3) is 0 Å². The predicted molar refractivity (Wildman–Crippen MR) is 65.5 cm³/mol.